The number of hydrogen-bond acceptors (Lipinski definition) is 3. The Morgan fingerprint density at radius 1 is 1.35 bits per heavy atom. The molecule has 0 saturated carbocycles. The zero-order valence-electron chi connectivity index (χ0n) is 13.3. The van der Waals surface area contributed by atoms with Gasteiger partial charge in [-0.2, -0.15) is 0 Å². The Hall–Kier alpha value is -1.06. The fourth-order valence-electron chi connectivity index (χ4n) is 3.18. The smallest absolute Gasteiger partial charge is 0.0552 e. The minimum absolute atomic E-state index is 0.252. The summed E-state index contributed by atoms with van der Waals surface area (Å²) >= 11 is 0. The van der Waals surface area contributed by atoms with Crippen molar-refractivity contribution in [1.29, 1.82) is 0 Å². The average molecular weight is 276 g/mol. The predicted molar refractivity (Wildman–Crippen MR) is 85.6 cm³/mol. The van der Waals surface area contributed by atoms with Crippen LogP contribution in [0.4, 0.5) is 5.69 Å². The van der Waals surface area contributed by atoms with Crippen molar-refractivity contribution >= 4 is 5.69 Å². The summed E-state index contributed by atoms with van der Waals surface area (Å²) in [7, 11) is 2.20. The zero-order valence-corrected chi connectivity index (χ0v) is 13.3. The summed E-state index contributed by atoms with van der Waals surface area (Å²) in [6.45, 7) is 11.4. The van der Waals surface area contributed by atoms with Crippen LogP contribution in [-0.2, 0) is 4.74 Å². The van der Waals surface area contributed by atoms with Crippen molar-refractivity contribution in [2.75, 3.05) is 44.8 Å². The standard InChI is InChI=1S/C17H28N2O/c1-5-18-11-17(8-9-20-13-17)12-19(4)16-7-6-14(2)10-15(16)3/h6-7,10,18H,5,8-9,11-13H2,1-4H3. The van der Waals surface area contributed by atoms with E-state index in [0.717, 1.165) is 39.3 Å². The molecule has 1 atom stereocenters. The first-order chi connectivity index (χ1) is 9.56. The van der Waals surface area contributed by atoms with Crippen molar-refractivity contribution in [3.05, 3.63) is 29.3 Å². The number of ether oxygens (including phenoxy) is 1. The van der Waals surface area contributed by atoms with Gasteiger partial charge in [0.15, 0.2) is 0 Å². The van der Waals surface area contributed by atoms with Crippen LogP contribution in [0.1, 0.15) is 24.5 Å². The Morgan fingerprint density at radius 2 is 2.15 bits per heavy atom. The van der Waals surface area contributed by atoms with Gasteiger partial charge < -0.3 is 15.0 Å². The number of rotatable bonds is 6. The van der Waals surface area contributed by atoms with E-state index in [1.807, 2.05) is 0 Å². The molecule has 0 spiro atoms. The number of nitrogens with one attached hydrogen (secondary N) is 1. The largest absolute Gasteiger partial charge is 0.381 e. The molecular weight excluding hydrogens is 248 g/mol. The molecule has 1 aliphatic rings. The molecule has 0 bridgehead atoms. The molecule has 1 aromatic carbocycles. The Bertz CT molecular complexity index is 439. The monoisotopic (exact) mass is 276 g/mol. The van der Waals surface area contributed by atoms with Crippen LogP contribution in [0, 0.1) is 19.3 Å². The Balaban J connectivity index is 2.09. The lowest BCUT2D eigenvalue weighted by atomic mass is 9.86. The van der Waals surface area contributed by atoms with Crippen LogP contribution < -0.4 is 10.2 Å². The topological polar surface area (TPSA) is 24.5 Å². The maximum atomic E-state index is 5.68. The van der Waals surface area contributed by atoms with Gasteiger partial charge in [-0.15, -0.1) is 0 Å². The third kappa shape index (κ3) is 3.53. The van der Waals surface area contributed by atoms with E-state index in [9.17, 15) is 0 Å². The summed E-state index contributed by atoms with van der Waals surface area (Å²) in [6.07, 6.45) is 1.15. The number of aryl methyl sites for hydroxylation is 2. The fraction of sp³-hybridized carbons (Fsp3) is 0.647. The van der Waals surface area contributed by atoms with Crippen molar-refractivity contribution in [2.24, 2.45) is 5.41 Å². The highest BCUT2D eigenvalue weighted by molar-refractivity contribution is 5.54. The summed E-state index contributed by atoms with van der Waals surface area (Å²) in [5, 5.41) is 3.50. The summed E-state index contributed by atoms with van der Waals surface area (Å²) in [6, 6.07) is 6.69. The van der Waals surface area contributed by atoms with Crippen molar-refractivity contribution in [3.8, 4) is 0 Å². The molecule has 2 rings (SSSR count). The molecule has 1 fully saturated rings. The minimum Gasteiger partial charge on any atom is -0.381 e. The Labute approximate surface area is 123 Å². The first-order valence-electron chi connectivity index (χ1n) is 7.63. The second kappa shape index (κ2) is 6.59. The maximum absolute atomic E-state index is 5.68. The Kier molecular flexibility index (Phi) is 5.06. The van der Waals surface area contributed by atoms with Crippen LogP contribution in [0.2, 0.25) is 0 Å². The SMILES string of the molecule is CCNCC1(CN(C)c2ccc(C)cc2C)CCOC1. The van der Waals surface area contributed by atoms with Gasteiger partial charge in [0, 0.05) is 37.8 Å². The molecule has 0 aliphatic carbocycles. The van der Waals surface area contributed by atoms with Crippen molar-refractivity contribution in [3.63, 3.8) is 0 Å². The summed E-state index contributed by atoms with van der Waals surface area (Å²) in [5.41, 5.74) is 4.26. The third-order valence-corrected chi connectivity index (χ3v) is 4.27. The second-order valence-electron chi connectivity index (χ2n) is 6.23. The molecule has 3 nitrogen and oxygen atoms in total. The maximum Gasteiger partial charge on any atom is 0.0552 e. The van der Waals surface area contributed by atoms with E-state index in [1.165, 1.54) is 16.8 Å². The van der Waals surface area contributed by atoms with Crippen LogP contribution in [0.25, 0.3) is 0 Å². The molecule has 1 aliphatic heterocycles. The van der Waals surface area contributed by atoms with Crippen LogP contribution in [0.15, 0.2) is 18.2 Å². The quantitative estimate of drug-likeness (QED) is 0.864. The highest BCUT2D eigenvalue weighted by Crippen LogP contribution is 2.31. The molecule has 0 amide bonds. The lowest BCUT2D eigenvalue weighted by Gasteiger charge is -2.34. The molecule has 3 heteroatoms. The normalized spacial score (nSPS) is 22.2. The molecular formula is C17H28N2O. The lowest BCUT2D eigenvalue weighted by molar-refractivity contribution is 0.153. The van der Waals surface area contributed by atoms with Crippen LogP contribution in [0.3, 0.4) is 0 Å². The van der Waals surface area contributed by atoms with Gasteiger partial charge in [0.25, 0.3) is 0 Å². The van der Waals surface area contributed by atoms with E-state index >= 15 is 0 Å². The van der Waals surface area contributed by atoms with Crippen LogP contribution >= 0.6 is 0 Å². The molecule has 1 N–H and O–H groups in total. The third-order valence-electron chi connectivity index (χ3n) is 4.27. The summed E-state index contributed by atoms with van der Waals surface area (Å²) in [4.78, 5) is 2.39. The molecule has 1 saturated heterocycles. The molecule has 1 heterocycles. The van der Waals surface area contributed by atoms with Crippen molar-refractivity contribution in [1.82, 2.24) is 5.32 Å². The van der Waals surface area contributed by atoms with Crippen molar-refractivity contribution < 1.29 is 4.74 Å². The lowest BCUT2D eigenvalue weighted by Crippen LogP contribution is -2.43. The second-order valence-corrected chi connectivity index (χ2v) is 6.23. The minimum atomic E-state index is 0.252. The highest BCUT2D eigenvalue weighted by atomic mass is 16.5. The zero-order chi connectivity index (χ0) is 14.6. The summed E-state index contributed by atoms with van der Waals surface area (Å²) < 4.78 is 5.68. The van der Waals surface area contributed by atoms with Gasteiger partial charge >= 0.3 is 0 Å². The molecule has 0 radical (unpaired) electrons. The molecule has 1 unspecified atom stereocenters. The van der Waals surface area contributed by atoms with Gasteiger partial charge in [0.2, 0.25) is 0 Å². The van der Waals surface area contributed by atoms with Gasteiger partial charge in [-0.05, 0) is 38.4 Å². The molecule has 112 valence electrons. The van der Waals surface area contributed by atoms with Crippen LogP contribution in [0.5, 0.6) is 0 Å². The van der Waals surface area contributed by atoms with Gasteiger partial charge in [-0.1, -0.05) is 24.6 Å². The van der Waals surface area contributed by atoms with Gasteiger partial charge in [0.05, 0.1) is 6.61 Å². The number of anilines is 1. The molecule has 0 aromatic heterocycles. The average Bonchev–Trinajstić information content (AvgIpc) is 2.85. The number of benzene rings is 1. The van der Waals surface area contributed by atoms with Gasteiger partial charge in [-0.25, -0.2) is 0 Å². The van der Waals surface area contributed by atoms with E-state index in [4.69, 9.17) is 4.74 Å². The number of nitrogens with zero attached hydrogens (tertiary/aromatic N) is 1. The molecule has 20 heavy (non-hydrogen) atoms. The van der Waals surface area contributed by atoms with Crippen LogP contribution in [-0.4, -0.2) is 39.9 Å². The van der Waals surface area contributed by atoms with Gasteiger partial charge in [0.1, 0.15) is 0 Å². The summed E-state index contributed by atoms with van der Waals surface area (Å²) in [5.74, 6) is 0. The first-order valence-corrected chi connectivity index (χ1v) is 7.63. The van der Waals surface area contributed by atoms with E-state index in [1.54, 1.807) is 0 Å². The number of hydrogen-bond donors (Lipinski definition) is 1. The van der Waals surface area contributed by atoms with E-state index < -0.39 is 0 Å². The van der Waals surface area contributed by atoms with Crippen molar-refractivity contribution in [2.45, 2.75) is 27.2 Å². The van der Waals surface area contributed by atoms with E-state index in [2.05, 4.69) is 56.2 Å². The van der Waals surface area contributed by atoms with E-state index in [0.29, 0.717) is 0 Å². The fourth-order valence-corrected chi connectivity index (χ4v) is 3.18. The highest BCUT2D eigenvalue weighted by Gasteiger charge is 2.35. The predicted octanol–water partition coefficient (Wildman–Crippen LogP) is 2.76. The van der Waals surface area contributed by atoms with E-state index in [-0.39, 0.29) is 5.41 Å². The van der Waals surface area contributed by atoms with Gasteiger partial charge in [-0.3, -0.25) is 0 Å². The Morgan fingerprint density at radius 3 is 2.75 bits per heavy atom. The molecule has 1 aromatic rings. The first kappa shape index (κ1) is 15.3.